The maximum atomic E-state index is 11.9. The van der Waals surface area contributed by atoms with Crippen LogP contribution in [0.3, 0.4) is 0 Å². The predicted octanol–water partition coefficient (Wildman–Crippen LogP) is 1.75. The van der Waals surface area contributed by atoms with Crippen molar-refractivity contribution in [3.8, 4) is 0 Å². The molecule has 0 spiro atoms. The number of hydrogen-bond acceptors (Lipinski definition) is 3. The number of nitrogens with one attached hydrogen (secondary N) is 1. The van der Waals surface area contributed by atoms with E-state index in [0.717, 1.165) is 19.4 Å². The molecule has 1 amide bonds. The quantitative estimate of drug-likeness (QED) is 0.900. The molecule has 1 aliphatic heterocycles. The molecule has 86 valence electrons. The molecule has 0 aliphatic carbocycles. The first-order valence-corrected chi connectivity index (χ1v) is 6.06. The van der Waals surface area contributed by atoms with Crippen molar-refractivity contribution in [2.45, 2.75) is 18.9 Å². The summed E-state index contributed by atoms with van der Waals surface area (Å²) in [4.78, 5) is 15.9. The Labute approximate surface area is 103 Å². The standard InChI is InChI=1S/C11H13BrN2O2/c12-9-4-1-5-13-10(9)11(15)14-8-3-2-6-16-7-8/h1,4-5,8H,2-3,6-7H2,(H,14,15). The average Bonchev–Trinajstić information content (AvgIpc) is 2.31. The summed E-state index contributed by atoms with van der Waals surface area (Å²) in [6, 6.07) is 3.69. The molecule has 1 atom stereocenters. The lowest BCUT2D eigenvalue weighted by Crippen LogP contribution is -2.41. The van der Waals surface area contributed by atoms with Gasteiger partial charge in [-0.3, -0.25) is 4.79 Å². The zero-order chi connectivity index (χ0) is 11.4. The van der Waals surface area contributed by atoms with Crippen molar-refractivity contribution in [2.75, 3.05) is 13.2 Å². The van der Waals surface area contributed by atoms with E-state index in [2.05, 4.69) is 26.2 Å². The first-order valence-electron chi connectivity index (χ1n) is 5.26. The van der Waals surface area contributed by atoms with E-state index < -0.39 is 0 Å². The molecule has 1 N–H and O–H groups in total. The highest BCUT2D eigenvalue weighted by Gasteiger charge is 2.18. The van der Waals surface area contributed by atoms with E-state index in [1.807, 2.05) is 0 Å². The van der Waals surface area contributed by atoms with E-state index in [-0.39, 0.29) is 11.9 Å². The van der Waals surface area contributed by atoms with Gasteiger partial charge in [0.1, 0.15) is 5.69 Å². The molecule has 5 heteroatoms. The van der Waals surface area contributed by atoms with Crippen LogP contribution in [0.2, 0.25) is 0 Å². The number of rotatable bonds is 2. The van der Waals surface area contributed by atoms with Crippen LogP contribution in [-0.2, 0) is 4.74 Å². The molecular weight excluding hydrogens is 272 g/mol. The Kier molecular flexibility index (Phi) is 3.90. The van der Waals surface area contributed by atoms with Gasteiger partial charge in [0.15, 0.2) is 0 Å². The molecule has 0 aromatic carbocycles. The van der Waals surface area contributed by atoms with E-state index in [9.17, 15) is 4.79 Å². The van der Waals surface area contributed by atoms with Crippen molar-refractivity contribution >= 4 is 21.8 Å². The molecule has 1 aromatic rings. The number of ether oxygens (including phenoxy) is 1. The zero-order valence-corrected chi connectivity index (χ0v) is 10.4. The van der Waals surface area contributed by atoms with Crippen molar-refractivity contribution in [2.24, 2.45) is 0 Å². The summed E-state index contributed by atoms with van der Waals surface area (Å²) >= 11 is 3.31. The zero-order valence-electron chi connectivity index (χ0n) is 8.78. The fraction of sp³-hybridized carbons (Fsp3) is 0.455. The number of amides is 1. The van der Waals surface area contributed by atoms with Crippen molar-refractivity contribution in [3.63, 3.8) is 0 Å². The smallest absolute Gasteiger partial charge is 0.271 e. The summed E-state index contributed by atoms with van der Waals surface area (Å²) in [7, 11) is 0. The number of halogens is 1. The lowest BCUT2D eigenvalue weighted by Gasteiger charge is -2.23. The predicted molar refractivity (Wildman–Crippen MR) is 63.2 cm³/mol. The number of aromatic nitrogens is 1. The van der Waals surface area contributed by atoms with E-state index >= 15 is 0 Å². The van der Waals surface area contributed by atoms with Crippen LogP contribution < -0.4 is 5.32 Å². The van der Waals surface area contributed by atoms with Gasteiger partial charge in [-0.2, -0.15) is 0 Å². The van der Waals surface area contributed by atoms with Gasteiger partial charge in [-0.15, -0.1) is 0 Å². The molecule has 1 aliphatic rings. The maximum absolute atomic E-state index is 11.9. The van der Waals surface area contributed by atoms with Crippen LogP contribution in [0.15, 0.2) is 22.8 Å². The van der Waals surface area contributed by atoms with Gasteiger partial charge in [0.2, 0.25) is 0 Å². The lowest BCUT2D eigenvalue weighted by atomic mass is 10.1. The van der Waals surface area contributed by atoms with Gasteiger partial charge in [0.05, 0.1) is 12.6 Å². The first kappa shape index (κ1) is 11.5. The van der Waals surface area contributed by atoms with Crippen molar-refractivity contribution in [1.29, 1.82) is 0 Å². The van der Waals surface area contributed by atoms with Crippen molar-refractivity contribution < 1.29 is 9.53 Å². The van der Waals surface area contributed by atoms with Gasteiger partial charge < -0.3 is 10.1 Å². The molecule has 0 saturated carbocycles. The molecule has 0 radical (unpaired) electrons. The van der Waals surface area contributed by atoms with Crippen LogP contribution in [0.1, 0.15) is 23.3 Å². The van der Waals surface area contributed by atoms with Gasteiger partial charge in [0, 0.05) is 17.3 Å². The molecule has 1 unspecified atom stereocenters. The minimum Gasteiger partial charge on any atom is -0.379 e. The van der Waals surface area contributed by atoms with Gasteiger partial charge in [-0.25, -0.2) is 4.98 Å². The number of carbonyl (C=O) groups excluding carboxylic acids is 1. The van der Waals surface area contributed by atoms with E-state index in [4.69, 9.17) is 4.74 Å². The Morgan fingerprint density at radius 3 is 3.19 bits per heavy atom. The van der Waals surface area contributed by atoms with Crippen LogP contribution in [-0.4, -0.2) is 30.1 Å². The molecule has 1 aromatic heterocycles. The largest absolute Gasteiger partial charge is 0.379 e. The molecule has 1 fully saturated rings. The summed E-state index contributed by atoms with van der Waals surface area (Å²) in [6.45, 7) is 1.38. The van der Waals surface area contributed by atoms with E-state index in [0.29, 0.717) is 16.8 Å². The average molecular weight is 285 g/mol. The normalized spacial score (nSPS) is 20.4. The monoisotopic (exact) mass is 284 g/mol. The Morgan fingerprint density at radius 2 is 2.50 bits per heavy atom. The highest BCUT2D eigenvalue weighted by molar-refractivity contribution is 9.10. The fourth-order valence-electron chi connectivity index (χ4n) is 1.66. The van der Waals surface area contributed by atoms with E-state index in [1.54, 1.807) is 18.3 Å². The minimum atomic E-state index is -0.150. The number of nitrogens with zero attached hydrogens (tertiary/aromatic N) is 1. The lowest BCUT2D eigenvalue weighted by molar-refractivity contribution is 0.0621. The summed E-state index contributed by atoms with van der Waals surface area (Å²) in [5.74, 6) is -0.150. The number of pyridine rings is 1. The second-order valence-corrected chi connectivity index (χ2v) is 4.58. The maximum Gasteiger partial charge on any atom is 0.271 e. The number of hydrogen-bond donors (Lipinski definition) is 1. The summed E-state index contributed by atoms with van der Waals surface area (Å²) in [5, 5.41) is 2.92. The second-order valence-electron chi connectivity index (χ2n) is 3.72. The molecular formula is C11H13BrN2O2. The third-order valence-corrected chi connectivity index (χ3v) is 3.11. The Bertz CT molecular complexity index is 378. The highest BCUT2D eigenvalue weighted by Crippen LogP contribution is 2.14. The molecule has 1 saturated heterocycles. The van der Waals surface area contributed by atoms with Gasteiger partial charge in [-0.05, 0) is 40.9 Å². The van der Waals surface area contributed by atoms with Crippen molar-refractivity contribution in [1.82, 2.24) is 10.3 Å². The summed E-state index contributed by atoms with van der Waals surface area (Å²) < 4.78 is 6.01. The SMILES string of the molecule is O=C(NC1CCCOC1)c1ncccc1Br. The molecule has 2 heterocycles. The molecule has 4 nitrogen and oxygen atoms in total. The summed E-state index contributed by atoms with van der Waals surface area (Å²) in [5.41, 5.74) is 0.424. The fourth-order valence-corrected chi connectivity index (χ4v) is 2.10. The third-order valence-electron chi connectivity index (χ3n) is 2.47. The first-order chi connectivity index (χ1) is 7.77. The van der Waals surface area contributed by atoms with Crippen LogP contribution in [0, 0.1) is 0 Å². The van der Waals surface area contributed by atoms with Gasteiger partial charge >= 0.3 is 0 Å². The molecule has 0 bridgehead atoms. The Morgan fingerprint density at radius 1 is 1.62 bits per heavy atom. The summed E-state index contributed by atoms with van der Waals surface area (Å²) in [6.07, 6.45) is 3.57. The van der Waals surface area contributed by atoms with Crippen LogP contribution >= 0.6 is 15.9 Å². The van der Waals surface area contributed by atoms with Crippen molar-refractivity contribution in [3.05, 3.63) is 28.5 Å². The van der Waals surface area contributed by atoms with Crippen LogP contribution in [0.4, 0.5) is 0 Å². The second kappa shape index (κ2) is 5.41. The molecule has 16 heavy (non-hydrogen) atoms. The minimum absolute atomic E-state index is 0.107. The number of carbonyl (C=O) groups is 1. The topological polar surface area (TPSA) is 51.2 Å². The van der Waals surface area contributed by atoms with E-state index in [1.165, 1.54) is 0 Å². The van der Waals surface area contributed by atoms with Crippen LogP contribution in [0.25, 0.3) is 0 Å². The van der Waals surface area contributed by atoms with Crippen LogP contribution in [0.5, 0.6) is 0 Å². The third kappa shape index (κ3) is 2.80. The Hall–Kier alpha value is -0.940. The van der Waals surface area contributed by atoms with Gasteiger partial charge in [-0.1, -0.05) is 0 Å². The van der Waals surface area contributed by atoms with Gasteiger partial charge in [0.25, 0.3) is 5.91 Å². The Balaban J connectivity index is 2.00. The molecule has 2 rings (SSSR count). The highest BCUT2D eigenvalue weighted by atomic mass is 79.9.